The van der Waals surface area contributed by atoms with E-state index in [9.17, 15) is 18.4 Å². The Morgan fingerprint density at radius 1 is 1.53 bits per heavy atom. The van der Waals surface area contributed by atoms with E-state index in [0.717, 1.165) is 9.78 Å². The molecule has 1 aliphatic heterocycles. The number of carbonyl (C=O) groups is 2. The van der Waals surface area contributed by atoms with Gasteiger partial charge in [0.1, 0.15) is 6.29 Å². The van der Waals surface area contributed by atoms with Crippen molar-refractivity contribution in [2.75, 3.05) is 6.54 Å². The normalized spacial score (nSPS) is 22.4. The fraction of sp³-hybridized carbons (Fsp3) is 0.333. The van der Waals surface area contributed by atoms with Crippen LogP contribution in [0, 0.1) is 0 Å². The van der Waals surface area contributed by atoms with E-state index in [1.54, 1.807) is 24.3 Å². The number of thiophene rings is 1. The largest absolute Gasteiger partial charge is 0.327 e. The first-order valence-electron chi connectivity index (χ1n) is 5.50. The highest BCUT2D eigenvalue weighted by Gasteiger charge is 2.52. The zero-order chi connectivity index (χ0) is 14.0. The fourth-order valence-electron chi connectivity index (χ4n) is 1.86. The number of alkyl halides is 2. The van der Waals surface area contributed by atoms with Gasteiger partial charge in [-0.15, -0.1) is 11.3 Å². The summed E-state index contributed by atoms with van der Waals surface area (Å²) in [5, 5.41) is 0. The van der Waals surface area contributed by atoms with E-state index in [0.29, 0.717) is 10.6 Å². The molecule has 19 heavy (non-hydrogen) atoms. The van der Waals surface area contributed by atoms with E-state index in [1.165, 1.54) is 11.3 Å². The summed E-state index contributed by atoms with van der Waals surface area (Å²) < 4.78 is 27.0. The van der Waals surface area contributed by atoms with Gasteiger partial charge in [-0.1, -0.05) is 17.7 Å². The van der Waals surface area contributed by atoms with Gasteiger partial charge in [0.2, 0.25) is 0 Å². The third-order valence-electron chi connectivity index (χ3n) is 2.77. The summed E-state index contributed by atoms with van der Waals surface area (Å²) in [6.07, 6.45) is 2.89. The highest BCUT2D eigenvalue weighted by atomic mass is 35.5. The van der Waals surface area contributed by atoms with Gasteiger partial charge in [-0.25, -0.2) is 0 Å². The molecule has 1 atom stereocenters. The van der Waals surface area contributed by atoms with Gasteiger partial charge in [-0.2, -0.15) is 8.78 Å². The summed E-state index contributed by atoms with van der Waals surface area (Å²) in [7, 11) is 0. The van der Waals surface area contributed by atoms with Gasteiger partial charge in [0.25, 0.3) is 5.91 Å². The van der Waals surface area contributed by atoms with Gasteiger partial charge in [-0.3, -0.25) is 4.79 Å². The van der Waals surface area contributed by atoms with Crippen molar-refractivity contribution in [1.29, 1.82) is 0 Å². The maximum absolute atomic E-state index is 13.2. The van der Waals surface area contributed by atoms with Crippen LogP contribution in [0.15, 0.2) is 18.2 Å². The van der Waals surface area contributed by atoms with Crippen LogP contribution in [-0.2, 0) is 9.59 Å². The molecule has 2 heterocycles. The number of hydrogen-bond acceptors (Lipinski definition) is 3. The van der Waals surface area contributed by atoms with Crippen LogP contribution in [0.2, 0.25) is 4.34 Å². The van der Waals surface area contributed by atoms with Crippen molar-refractivity contribution in [3.8, 4) is 0 Å². The molecule has 1 unspecified atom stereocenters. The number of carbonyl (C=O) groups excluding carboxylic acids is 2. The Bertz CT molecular complexity index is 530. The molecule has 0 aromatic carbocycles. The van der Waals surface area contributed by atoms with Gasteiger partial charge in [-0.05, 0) is 18.2 Å². The van der Waals surface area contributed by atoms with Crippen molar-refractivity contribution in [3.63, 3.8) is 0 Å². The molecule has 1 fully saturated rings. The molecular formula is C12H10ClF2NO2S. The predicted octanol–water partition coefficient (Wildman–Crippen LogP) is 2.85. The van der Waals surface area contributed by atoms with E-state index < -0.39 is 24.3 Å². The summed E-state index contributed by atoms with van der Waals surface area (Å²) in [5.41, 5.74) is 0. The average Bonchev–Trinajstić information content (AvgIpc) is 2.85. The highest BCUT2D eigenvalue weighted by molar-refractivity contribution is 7.16. The molecule has 3 nitrogen and oxygen atoms in total. The Labute approximate surface area is 117 Å². The third kappa shape index (κ3) is 3.01. The topological polar surface area (TPSA) is 37.4 Å². The van der Waals surface area contributed by atoms with Gasteiger partial charge in [0, 0.05) is 17.8 Å². The maximum Gasteiger partial charge on any atom is 0.327 e. The Morgan fingerprint density at radius 2 is 2.26 bits per heavy atom. The van der Waals surface area contributed by atoms with Gasteiger partial charge < -0.3 is 9.69 Å². The Morgan fingerprint density at radius 3 is 2.84 bits per heavy atom. The second kappa shape index (κ2) is 5.38. The molecular weight excluding hydrogens is 296 g/mol. The van der Waals surface area contributed by atoms with E-state index >= 15 is 0 Å². The monoisotopic (exact) mass is 305 g/mol. The number of nitrogens with zero attached hydrogens (tertiary/aromatic N) is 1. The predicted molar refractivity (Wildman–Crippen MR) is 69.5 cm³/mol. The van der Waals surface area contributed by atoms with Crippen LogP contribution in [0.5, 0.6) is 0 Å². The van der Waals surface area contributed by atoms with Gasteiger partial charge in [0.15, 0.2) is 0 Å². The summed E-state index contributed by atoms with van der Waals surface area (Å²) in [6, 6.07) is 2.44. The molecule has 102 valence electrons. The van der Waals surface area contributed by atoms with Crippen molar-refractivity contribution >= 4 is 41.2 Å². The first-order valence-corrected chi connectivity index (χ1v) is 6.69. The number of hydrogen-bond donors (Lipinski definition) is 0. The van der Waals surface area contributed by atoms with Crippen molar-refractivity contribution in [1.82, 2.24) is 4.90 Å². The number of rotatable bonds is 4. The van der Waals surface area contributed by atoms with E-state index in [2.05, 4.69) is 0 Å². The minimum atomic E-state index is -3.44. The molecule has 1 saturated heterocycles. The molecule has 0 N–H and O–H groups in total. The summed E-state index contributed by atoms with van der Waals surface area (Å²) in [4.78, 5) is 23.9. The molecule has 0 spiro atoms. The van der Waals surface area contributed by atoms with Crippen LogP contribution in [0.1, 0.15) is 11.3 Å². The lowest BCUT2D eigenvalue weighted by Gasteiger charge is -2.17. The fourth-order valence-corrected chi connectivity index (χ4v) is 2.85. The van der Waals surface area contributed by atoms with Crippen LogP contribution < -0.4 is 0 Å². The first-order chi connectivity index (χ1) is 8.94. The summed E-state index contributed by atoms with van der Waals surface area (Å²) in [5.74, 6) is -4.73. The Hall–Kier alpha value is -1.27. The standard InChI is InChI=1S/C12H10ClF2NO2S/c13-10-4-3-9(19-10)2-1-5-16-8(7-17)6-12(14,15)11(16)18/h1-4,7-8H,5-6H2. The smallest absolute Gasteiger partial charge is 0.324 e. The molecule has 1 amide bonds. The molecule has 2 rings (SSSR count). The minimum absolute atomic E-state index is 0.0205. The minimum Gasteiger partial charge on any atom is -0.324 e. The zero-order valence-electron chi connectivity index (χ0n) is 9.68. The third-order valence-corrected chi connectivity index (χ3v) is 3.97. The number of halogens is 3. The van der Waals surface area contributed by atoms with Crippen LogP contribution in [0.4, 0.5) is 8.78 Å². The molecule has 7 heteroatoms. The van der Waals surface area contributed by atoms with Crippen molar-refractivity contribution in [3.05, 3.63) is 27.4 Å². The maximum atomic E-state index is 13.2. The van der Waals surface area contributed by atoms with Crippen molar-refractivity contribution in [2.24, 2.45) is 0 Å². The Kier molecular flexibility index (Phi) is 4.01. The van der Waals surface area contributed by atoms with E-state index in [-0.39, 0.29) is 6.54 Å². The molecule has 0 bridgehead atoms. The molecule has 0 aliphatic carbocycles. The molecule has 1 aromatic heterocycles. The summed E-state index contributed by atoms with van der Waals surface area (Å²) in [6.45, 7) is -0.0205. The molecule has 1 aliphatic rings. The lowest BCUT2D eigenvalue weighted by atomic mass is 10.2. The van der Waals surface area contributed by atoms with E-state index in [4.69, 9.17) is 11.6 Å². The second-order valence-corrected chi connectivity index (χ2v) is 5.86. The van der Waals surface area contributed by atoms with Crippen LogP contribution in [0.25, 0.3) is 6.08 Å². The highest BCUT2D eigenvalue weighted by Crippen LogP contribution is 2.32. The quantitative estimate of drug-likeness (QED) is 0.802. The number of amides is 1. The van der Waals surface area contributed by atoms with Crippen molar-refractivity contribution < 1.29 is 18.4 Å². The molecule has 0 radical (unpaired) electrons. The molecule has 0 saturated carbocycles. The lowest BCUT2D eigenvalue weighted by molar-refractivity contribution is -0.147. The van der Waals surface area contributed by atoms with Crippen molar-refractivity contribution in [2.45, 2.75) is 18.4 Å². The zero-order valence-corrected chi connectivity index (χ0v) is 11.3. The Balaban J connectivity index is 2.04. The second-order valence-electron chi connectivity index (χ2n) is 4.11. The number of likely N-dealkylation sites (tertiary alicyclic amines) is 1. The lowest BCUT2D eigenvalue weighted by Crippen LogP contribution is -2.37. The van der Waals surface area contributed by atoms with Crippen LogP contribution in [0.3, 0.4) is 0 Å². The molecule has 1 aromatic rings. The van der Waals surface area contributed by atoms with Gasteiger partial charge in [0.05, 0.1) is 10.4 Å². The van der Waals surface area contributed by atoms with Crippen LogP contribution in [-0.4, -0.2) is 35.6 Å². The van der Waals surface area contributed by atoms with Crippen LogP contribution >= 0.6 is 22.9 Å². The van der Waals surface area contributed by atoms with Gasteiger partial charge >= 0.3 is 5.92 Å². The first kappa shape index (κ1) is 14.1. The average molecular weight is 306 g/mol. The number of aldehydes is 1. The SMILES string of the molecule is O=CC1CC(F)(F)C(=O)N1CC=Cc1ccc(Cl)s1. The summed E-state index contributed by atoms with van der Waals surface area (Å²) >= 11 is 7.08. The van der Waals surface area contributed by atoms with E-state index in [1.807, 2.05) is 0 Å².